The molecule has 2 aromatic carbocycles. The number of carbonyl (C=O) groups excluding carboxylic acids is 2. The first-order valence-electron chi connectivity index (χ1n) is 9.83. The second-order valence-corrected chi connectivity index (χ2v) is 8.02. The molecule has 2 aromatic rings. The van der Waals surface area contributed by atoms with Gasteiger partial charge in [-0.2, -0.15) is 0 Å². The van der Waals surface area contributed by atoms with Gasteiger partial charge in [0, 0.05) is 17.1 Å². The summed E-state index contributed by atoms with van der Waals surface area (Å²) in [5, 5.41) is 2.95. The number of ether oxygens (including phenoxy) is 1. The van der Waals surface area contributed by atoms with Gasteiger partial charge < -0.3 is 15.8 Å². The monoisotopic (exact) mass is 413 g/mol. The van der Waals surface area contributed by atoms with Crippen LogP contribution in [0.5, 0.6) is 5.75 Å². The molecule has 0 aliphatic carbocycles. The molecule has 3 rings (SSSR count). The zero-order chi connectivity index (χ0) is 20.6. The topological polar surface area (TPSA) is 84.7 Å². The number of hydrogen-bond donors (Lipinski definition) is 2. The number of benzene rings is 2. The highest BCUT2D eigenvalue weighted by molar-refractivity contribution is 8.00. The predicted molar refractivity (Wildman–Crippen MR) is 116 cm³/mol. The quantitative estimate of drug-likeness (QED) is 0.617. The molecule has 1 atom stereocenters. The van der Waals surface area contributed by atoms with Crippen LogP contribution in [0.1, 0.15) is 25.3 Å². The van der Waals surface area contributed by atoms with E-state index in [1.807, 2.05) is 55.5 Å². The lowest BCUT2D eigenvalue weighted by atomic mass is 10.1. The fourth-order valence-electron chi connectivity index (χ4n) is 3.46. The van der Waals surface area contributed by atoms with Crippen LogP contribution in [0.2, 0.25) is 0 Å². The molecule has 6 nitrogen and oxygen atoms in total. The number of thioether (sulfide) groups is 1. The van der Waals surface area contributed by atoms with Crippen LogP contribution in [0.25, 0.3) is 0 Å². The summed E-state index contributed by atoms with van der Waals surface area (Å²) < 4.78 is 5.43. The maximum Gasteiger partial charge on any atom is 0.234 e. The van der Waals surface area contributed by atoms with Crippen molar-refractivity contribution >= 4 is 29.3 Å². The number of amides is 2. The summed E-state index contributed by atoms with van der Waals surface area (Å²) in [4.78, 5) is 27.0. The molecule has 0 radical (unpaired) electrons. The zero-order valence-electron chi connectivity index (χ0n) is 16.6. The third-order valence-electron chi connectivity index (χ3n) is 4.79. The summed E-state index contributed by atoms with van der Waals surface area (Å²) in [6.45, 7) is 4.10. The number of nitrogens with zero attached hydrogens (tertiary/aromatic N) is 1. The fraction of sp³-hybridized carbons (Fsp3) is 0.364. The van der Waals surface area contributed by atoms with Crippen molar-refractivity contribution in [2.75, 3.05) is 24.2 Å². The molecule has 2 amide bonds. The van der Waals surface area contributed by atoms with E-state index < -0.39 is 0 Å². The van der Waals surface area contributed by atoms with Gasteiger partial charge in [0.25, 0.3) is 0 Å². The van der Waals surface area contributed by atoms with Crippen LogP contribution in [0.4, 0.5) is 5.69 Å². The van der Waals surface area contributed by atoms with Crippen LogP contribution in [0.15, 0.2) is 53.4 Å². The molecule has 3 N–H and O–H groups in total. The molecule has 1 aliphatic rings. The summed E-state index contributed by atoms with van der Waals surface area (Å²) in [5.74, 6) is 0.832. The third-order valence-corrected chi connectivity index (χ3v) is 5.81. The summed E-state index contributed by atoms with van der Waals surface area (Å²) in [6.07, 6.45) is 1.79. The SMILES string of the molecule is CCOc1ccc(SCC(=O)Nc2cccc(CN3CCCC3C(N)=O)c2)cc1. The average molecular weight is 414 g/mol. The summed E-state index contributed by atoms with van der Waals surface area (Å²) in [7, 11) is 0. The number of hydrogen-bond acceptors (Lipinski definition) is 5. The maximum atomic E-state index is 12.3. The molecule has 154 valence electrons. The minimum absolute atomic E-state index is 0.0581. The third kappa shape index (κ3) is 6.24. The Bertz CT molecular complexity index is 841. The van der Waals surface area contributed by atoms with E-state index >= 15 is 0 Å². The van der Waals surface area contributed by atoms with Crippen molar-refractivity contribution in [3.63, 3.8) is 0 Å². The van der Waals surface area contributed by atoms with Crippen molar-refractivity contribution < 1.29 is 14.3 Å². The Morgan fingerprint density at radius 1 is 1.24 bits per heavy atom. The molecule has 0 bridgehead atoms. The highest BCUT2D eigenvalue weighted by atomic mass is 32.2. The van der Waals surface area contributed by atoms with E-state index in [1.165, 1.54) is 11.8 Å². The van der Waals surface area contributed by atoms with E-state index in [1.54, 1.807) is 0 Å². The van der Waals surface area contributed by atoms with Gasteiger partial charge >= 0.3 is 0 Å². The first-order valence-corrected chi connectivity index (χ1v) is 10.8. The predicted octanol–water partition coefficient (Wildman–Crippen LogP) is 3.27. The standard InChI is InChI=1S/C22H27N3O3S/c1-2-28-18-8-10-19(11-9-18)29-15-21(26)24-17-6-3-5-16(13-17)14-25-12-4-7-20(25)22(23)27/h3,5-6,8-11,13,20H,2,4,7,12,14-15H2,1H3,(H2,23,27)(H,24,26). The van der Waals surface area contributed by atoms with E-state index in [4.69, 9.17) is 10.5 Å². The minimum atomic E-state index is -0.265. The molecule has 0 saturated carbocycles. The largest absolute Gasteiger partial charge is 0.494 e. The summed E-state index contributed by atoms with van der Waals surface area (Å²) in [5.41, 5.74) is 7.31. The number of anilines is 1. The lowest BCUT2D eigenvalue weighted by Gasteiger charge is -2.22. The van der Waals surface area contributed by atoms with Crippen molar-refractivity contribution in [2.24, 2.45) is 5.73 Å². The lowest BCUT2D eigenvalue weighted by molar-refractivity contribution is -0.122. The summed E-state index contributed by atoms with van der Waals surface area (Å²) in [6, 6.07) is 15.3. The Labute approximate surface area is 175 Å². The molecular formula is C22H27N3O3S. The molecule has 1 fully saturated rings. The van der Waals surface area contributed by atoms with E-state index in [0.717, 1.165) is 41.3 Å². The molecule has 7 heteroatoms. The number of primary amides is 1. The van der Waals surface area contributed by atoms with Crippen LogP contribution < -0.4 is 15.8 Å². The lowest BCUT2D eigenvalue weighted by Crippen LogP contribution is -2.39. The van der Waals surface area contributed by atoms with Crippen molar-refractivity contribution in [1.29, 1.82) is 0 Å². The van der Waals surface area contributed by atoms with E-state index in [0.29, 0.717) is 18.9 Å². The van der Waals surface area contributed by atoms with Crippen molar-refractivity contribution in [3.05, 3.63) is 54.1 Å². The highest BCUT2D eigenvalue weighted by Crippen LogP contribution is 2.23. The van der Waals surface area contributed by atoms with Crippen molar-refractivity contribution in [3.8, 4) is 5.75 Å². The zero-order valence-corrected chi connectivity index (χ0v) is 17.4. The fourth-order valence-corrected chi connectivity index (χ4v) is 4.16. The highest BCUT2D eigenvalue weighted by Gasteiger charge is 2.28. The smallest absolute Gasteiger partial charge is 0.234 e. The first-order chi connectivity index (χ1) is 14.0. The second kappa shape index (κ2) is 10.3. The van der Waals surface area contributed by atoms with Crippen LogP contribution in [0, 0.1) is 0 Å². The Kier molecular flexibility index (Phi) is 7.55. The number of nitrogens with one attached hydrogen (secondary N) is 1. The van der Waals surface area contributed by atoms with E-state index in [2.05, 4.69) is 10.2 Å². The van der Waals surface area contributed by atoms with Crippen LogP contribution in [-0.2, 0) is 16.1 Å². The number of nitrogens with two attached hydrogens (primary N) is 1. The Hall–Kier alpha value is -2.51. The van der Waals surface area contributed by atoms with E-state index in [-0.39, 0.29) is 17.9 Å². The molecule has 0 aromatic heterocycles. The maximum absolute atomic E-state index is 12.3. The van der Waals surface area contributed by atoms with Crippen LogP contribution >= 0.6 is 11.8 Å². The van der Waals surface area contributed by atoms with Crippen LogP contribution in [-0.4, -0.2) is 41.7 Å². The first kappa shape index (κ1) is 21.2. The Balaban J connectivity index is 1.51. The average Bonchev–Trinajstić information content (AvgIpc) is 3.16. The van der Waals surface area contributed by atoms with Gasteiger partial charge in [-0.25, -0.2) is 0 Å². The molecule has 1 saturated heterocycles. The molecule has 1 heterocycles. The van der Waals surface area contributed by atoms with Gasteiger partial charge in [0.2, 0.25) is 11.8 Å². The van der Waals surface area contributed by atoms with E-state index in [9.17, 15) is 9.59 Å². The van der Waals surface area contributed by atoms with Gasteiger partial charge in [-0.1, -0.05) is 12.1 Å². The van der Waals surface area contributed by atoms with Gasteiger partial charge in [0.15, 0.2) is 0 Å². The normalized spacial score (nSPS) is 16.5. The van der Waals surface area contributed by atoms with Crippen molar-refractivity contribution in [2.45, 2.75) is 37.2 Å². The number of likely N-dealkylation sites (tertiary alicyclic amines) is 1. The van der Waals surface area contributed by atoms with Crippen LogP contribution in [0.3, 0.4) is 0 Å². The van der Waals surface area contributed by atoms with Gasteiger partial charge in [-0.05, 0) is 68.3 Å². The van der Waals surface area contributed by atoms with Gasteiger partial charge in [-0.3, -0.25) is 14.5 Å². The Morgan fingerprint density at radius 2 is 2.03 bits per heavy atom. The molecular weight excluding hydrogens is 386 g/mol. The van der Waals surface area contributed by atoms with Crippen molar-refractivity contribution in [1.82, 2.24) is 4.90 Å². The molecule has 29 heavy (non-hydrogen) atoms. The summed E-state index contributed by atoms with van der Waals surface area (Å²) >= 11 is 1.48. The minimum Gasteiger partial charge on any atom is -0.494 e. The molecule has 1 aliphatic heterocycles. The molecule has 0 spiro atoms. The number of carbonyl (C=O) groups is 2. The van der Waals surface area contributed by atoms with Gasteiger partial charge in [0.05, 0.1) is 18.4 Å². The van der Waals surface area contributed by atoms with Gasteiger partial charge in [-0.15, -0.1) is 11.8 Å². The second-order valence-electron chi connectivity index (χ2n) is 6.97. The molecule has 1 unspecified atom stereocenters. The number of rotatable bonds is 9. The van der Waals surface area contributed by atoms with Gasteiger partial charge in [0.1, 0.15) is 5.75 Å². The Morgan fingerprint density at radius 3 is 2.76 bits per heavy atom.